The molecule has 4 nitrogen and oxygen atoms in total. The zero-order chi connectivity index (χ0) is 13.8. The van der Waals surface area contributed by atoms with Crippen LogP contribution in [0.5, 0.6) is 5.75 Å². The van der Waals surface area contributed by atoms with Gasteiger partial charge < -0.3 is 22.5 Å². The summed E-state index contributed by atoms with van der Waals surface area (Å²) in [5.74, 6) is 0.916. The summed E-state index contributed by atoms with van der Waals surface area (Å²) >= 11 is 0. The second-order valence-corrected chi connectivity index (χ2v) is 4.52. The quantitative estimate of drug-likeness (QED) is 0.492. The van der Waals surface area contributed by atoms with Crippen molar-refractivity contribution in [2.24, 2.45) is 4.99 Å². The average Bonchev–Trinajstić information content (AvgIpc) is 2.88. The molecule has 1 heterocycles. The Bertz CT molecular complexity index is 725. The molecule has 6 heteroatoms. The Balaban J connectivity index is 0.00000121. The summed E-state index contributed by atoms with van der Waals surface area (Å²) in [4.78, 5) is 12.0. The topological polar surface area (TPSA) is 64.1 Å². The van der Waals surface area contributed by atoms with Crippen LogP contribution in [0.15, 0.2) is 53.5 Å². The van der Waals surface area contributed by atoms with Gasteiger partial charge in [-0.05, 0) is 17.7 Å². The summed E-state index contributed by atoms with van der Waals surface area (Å²) in [6, 6.07) is 14.8. The van der Waals surface area contributed by atoms with E-state index in [0.29, 0.717) is 12.1 Å². The molecule has 0 fully saturated rings. The minimum atomic E-state index is -0.0000120. The fraction of sp³-hybridized carbons (Fsp3) is 0.125. The Morgan fingerprint density at radius 2 is 1.82 bits per heavy atom. The van der Waals surface area contributed by atoms with E-state index in [0.717, 1.165) is 23.3 Å². The van der Waals surface area contributed by atoms with Crippen molar-refractivity contribution in [2.45, 2.75) is 6.42 Å². The summed E-state index contributed by atoms with van der Waals surface area (Å²) in [6.45, 7) is 0.605. The summed E-state index contributed by atoms with van der Waals surface area (Å²) in [5.41, 5.74) is 2.63. The van der Waals surface area contributed by atoms with Gasteiger partial charge in [0.25, 0.3) is 0 Å². The molecule has 3 rings (SSSR count). The molecular weight excluding hydrogens is 349 g/mol. The van der Waals surface area contributed by atoms with Gasteiger partial charge in [0.15, 0.2) is 0 Å². The molecule has 0 atom stereocenters. The van der Waals surface area contributed by atoms with Crippen LogP contribution in [-0.2, 0) is 23.5 Å². The van der Waals surface area contributed by atoms with Crippen LogP contribution in [-0.4, -0.2) is 22.7 Å². The number of aliphatic imine (C=N–C) groups is 1. The molecule has 0 aliphatic heterocycles. The van der Waals surface area contributed by atoms with Gasteiger partial charge in [0, 0.05) is 19.2 Å². The summed E-state index contributed by atoms with van der Waals surface area (Å²) in [6.07, 6.45) is 2.36. The van der Waals surface area contributed by atoms with Crippen LogP contribution < -0.4 is 17.5 Å². The summed E-state index contributed by atoms with van der Waals surface area (Å²) in [5, 5.41) is 11.5. The first-order chi connectivity index (χ1) is 9.83. The van der Waals surface area contributed by atoms with E-state index < -0.39 is 0 Å². The smallest absolute Gasteiger partial charge is 1.00 e. The number of benzene rings is 2. The first-order valence-corrected chi connectivity index (χ1v) is 6.52. The van der Waals surface area contributed by atoms with Gasteiger partial charge >= 0.3 is 17.1 Å². The van der Waals surface area contributed by atoms with Crippen molar-refractivity contribution >= 4 is 17.2 Å². The van der Waals surface area contributed by atoms with E-state index in [1.165, 1.54) is 0 Å². The van der Waals surface area contributed by atoms with Crippen molar-refractivity contribution < 1.29 is 34.6 Å². The van der Waals surface area contributed by atoms with Crippen molar-refractivity contribution in [2.75, 3.05) is 6.54 Å². The number of H-pyrrole nitrogens is 1. The van der Waals surface area contributed by atoms with Gasteiger partial charge in [-0.3, -0.25) is 4.99 Å². The van der Waals surface area contributed by atoms with Gasteiger partial charge in [-0.15, -0.1) is 5.75 Å². The fourth-order valence-electron chi connectivity index (χ4n) is 2.04. The number of hydrogen-bond donors (Lipinski definition) is 1. The Morgan fingerprint density at radius 3 is 2.59 bits per heavy atom. The molecule has 0 aliphatic carbocycles. The van der Waals surface area contributed by atoms with Gasteiger partial charge in [-0.1, -0.05) is 36.4 Å². The second-order valence-electron chi connectivity index (χ2n) is 4.52. The largest absolute Gasteiger partial charge is 2.00 e. The van der Waals surface area contributed by atoms with Crippen molar-refractivity contribution in [1.82, 2.24) is 9.97 Å². The minimum absolute atomic E-state index is 0. The molecular formula is C16H14ClCuN3O. The van der Waals surface area contributed by atoms with Crippen molar-refractivity contribution in [3.63, 3.8) is 0 Å². The van der Waals surface area contributed by atoms with E-state index >= 15 is 0 Å². The first-order valence-electron chi connectivity index (χ1n) is 6.52. The number of imidazole rings is 1. The monoisotopic (exact) mass is 362 g/mol. The molecule has 1 N–H and O–H groups in total. The summed E-state index contributed by atoms with van der Waals surface area (Å²) in [7, 11) is 0. The predicted octanol–water partition coefficient (Wildman–Crippen LogP) is -0.700. The van der Waals surface area contributed by atoms with Crippen LogP contribution in [0.2, 0.25) is 0 Å². The predicted molar refractivity (Wildman–Crippen MR) is 78.1 cm³/mol. The molecule has 1 aromatic heterocycles. The number of fused-ring (bicyclic) bond motifs is 1. The standard InChI is InChI=1S/C16H15N3O.ClH.Cu/c20-15-8-4-1-5-12(15)11-17-10-9-16-18-13-6-2-3-7-14(13)19-16;;/h1-8,11,20H,9-10H2,(H,18,19);1H;/q;;+2/p-2. The maximum atomic E-state index is 11.5. The van der Waals surface area contributed by atoms with Crippen LogP contribution in [0.3, 0.4) is 0 Å². The van der Waals surface area contributed by atoms with E-state index in [1.54, 1.807) is 24.4 Å². The zero-order valence-corrected chi connectivity index (χ0v) is 13.3. The molecule has 0 amide bonds. The molecule has 117 valence electrons. The molecule has 0 unspecified atom stereocenters. The number of para-hydroxylation sites is 3. The molecule has 2 aromatic carbocycles. The number of halogens is 1. The minimum Gasteiger partial charge on any atom is -1.00 e. The Kier molecular flexibility index (Phi) is 7.12. The van der Waals surface area contributed by atoms with Crippen LogP contribution in [0.4, 0.5) is 0 Å². The third-order valence-electron chi connectivity index (χ3n) is 3.07. The summed E-state index contributed by atoms with van der Waals surface area (Å²) < 4.78 is 0. The van der Waals surface area contributed by atoms with Crippen molar-refractivity contribution in [3.8, 4) is 5.75 Å². The number of hydrogen-bond acceptors (Lipinski definition) is 3. The molecule has 0 bridgehead atoms. The normalized spacial score (nSPS) is 10.4. The molecule has 0 aliphatic rings. The van der Waals surface area contributed by atoms with Gasteiger partial charge in [0.2, 0.25) is 0 Å². The Hall–Kier alpha value is -1.81. The number of aromatic nitrogens is 2. The van der Waals surface area contributed by atoms with Crippen LogP contribution in [0, 0.1) is 0 Å². The molecule has 0 spiro atoms. The zero-order valence-electron chi connectivity index (χ0n) is 11.6. The van der Waals surface area contributed by atoms with Crippen LogP contribution >= 0.6 is 0 Å². The second kappa shape index (κ2) is 8.59. The maximum absolute atomic E-state index is 11.5. The Morgan fingerprint density at radius 1 is 1.09 bits per heavy atom. The van der Waals surface area contributed by atoms with E-state index in [2.05, 4.69) is 15.0 Å². The van der Waals surface area contributed by atoms with E-state index in [1.807, 2.05) is 30.3 Å². The third-order valence-corrected chi connectivity index (χ3v) is 3.07. The van der Waals surface area contributed by atoms with Crippen LogP contribution in [0.25, 0.3) is 11.0 Å². The average molecular weight is 363 g/mol. The molecule has 0 saturated carbocycles. The SMILES string of the molecule is [Cl-].[Cu+2].[O-]c1ccccc1C=NCCc1nc2ccccc2[nH]1. The third kappa shape index (κ3) is 4.34. The van der Waals surface area contributed by atoms with Crippen LogP contribution in [0.1, 0.15) is 11.4 Å². The Labute approximate surface area is 145 Å². The molecule has 1 radical (unpaired) electrons. The molecule has 22 heavy (non-hydrogen) atoms. The van der Waals surface area contributed by atoms with E-state index in [4.69, 9.17) is 0 Å². The van der Waals surface area contributed by atoms with Crippen molar-refractivity contribution in [3.05, 3.63) is 59.9 Å². The van der Waals surface area contributed by atoms with Gasteiger partial charge in [-0.2, -0.15) is 0 Å². The van der Waals surface area contributed by atoms with Gasteiger partial charge in [0.1, 0.15) is 5.82 Å². The molecule has 0 saturated heterocycles. The van der Waals surface area contributed by atoms with Crippen molar-refractivity contribution in [1.29, 1.82) is 0 Å². The van der Waals surface area contributed by atoms with E-state index in [9.17, 15) is 5.11 Å². The number of aromatic amines is 1. The molecule has 3 aromatic rings. The number of rotatable bonds is 4. The number of nitrogens with zero attached hydrogens (tertiary/aromatic N) is 2. The van der Waals surface area contributed by atoms with E-state index in [-0.39, 0.29) is 35.2 Å². The fourth-order valence-corrected chi connectivity index (χ4v) is 2.04. The maximum Gasteiger partial charge on any atom is 2.00 e. The number of nitrogens with one attached hydrogen (secondary N) is 1. The van der Waals surface area contributed by atoms with Gasteiger partial charge in [0.05, 0.1) is 11.0 Å². The first kappa shape index (κ1) is 18.2. The van der Waals surface area contributed by atoms with Gasteiger partial charge in [-0.25, -0.2) is 4.98 Å².